The zero-order valence-corrected chi connectivity index (χ0v) is 12.4. The molecule has 1 aromatic carbocycles. The minimum atomic E-state index is -1.16. The molecule has 0 saturated heterocycles. The summed E-state index contributed by atoms with van der Waals surface area (Å²) in [7, 11) is 2.85. The first kappa shape index (κ1) is 14.7. The fourth-order valence-corrected chi connectivity index (χ4v) is 2.18. The van der Waals surface area contributed by atoms with Crippen LogP contribution < -0.4 is 9.47 Å². The van der Waals surface area contributed by atoms with Crippen LogP contribution in [0.2, 0.25) is 0 Å². The van der Waals surface area contributed by atoms with Crippen molar-refractivity contribution in [2.45, 2.75) is 6.10 Å². The molecule has 20 heavy (non-hydrogen) atoms. The van der Waals surface area contributed by atoms with Gasteiger partial charge in [0.1, 0.15) is 17.6 Å². The van der Waals surface area contributed by atoms with Crippen molar-refractivity contribution in [2.75, 3.05) is 14.2 Å². The molecule has 1 N–H and O–H groups in total. The largest absolute Gasteiger partial charge is 0.480 e. The molecular weight excluding hydrogens is 331 g/mol. The highest BCUT2D eigenvalue weighted by molar-refractivity contribution is 9.10. The van der Waals surface area contributed by atoms with E-state index in [1.54, 1.807) is 6.07 Å². The SMILES string of the molecule is COc1cnc(C(O)c2cc(F)cc(Br)c2)c(OC)n1. The predicted octanol–water partition coefficient (Wildman–Crippen LogP) is 2.48. The van der Waals surface area contributed by atoms with Gasteiger partial charge in [-0.3, -0.25) is 0 Å². The van der Waals surface area contributed by atoms with E-state index < -0.39 is 11.9 Å². The Bertz CT molecular complexity index is 604. The molecule has 1 heterocycles. The van der Waals surface area contributed by atoms with Crippen LogP contribution in [-0.2, 0) is 0 Å². The molecule has 1 unspecified atom stereocenters. The second kappa shape index (κ2) is 6.15. The molecule has 0 saturated carbocycles. The highest BCUT2D eigenvalue weighted by Crippen LogP contribution is 2.30. The van der Waals surface area contributed by atoms with Gasteiger partial charge in [0.15, 0.2) is 0 Å². The zero-order valence-electron chi connectivity index (χ0n) is 10.8. The molecule has 0 amide bonds. The van der Waals surface area contributed by atoms with E-state index in [-0.39, 0.29) is 17.5 Å². The monoisotopic (exact) mass is 342 g/mol. The molecule has 0 fully saturated rings. The summed E-state index contributed by atoms with van der Waals surface area (Å²) in [5.74, 6) is -0.0793. The van der Waals surface area contributed by atoms with Crippen molar-refractivity contribution < 1.29 is 19.0 Å². The van der Waals surface area contributed by atoms with Crippen molar-refractivity contribution in [3.8, 4) is 11.8 Å². The topological polar surface area (TPSA) is 64.5 Å². The van der Waals surface area contributed by atoms with Gasteiger partial charge in [-0.15, -0.1) is 0 Å². The van der Waals surface area contributed by atoms with E-state index in [0.717, 1.165) is 0 Å². The van der Waals surface area contributed by atoms with E-state index in [1.165, 1.54) is 32.5 Å². The van der Waals surface area contributed by atoms with Crippen LogP contribution >= 0.6 is 15.9 Å². The van der Waals surface area contributed by atoms with Gasteiger partial charge in [0.25, 0.3) is 0 Å². The predicted molar refractivity (Wildman–Crippen MR) is 73.3 cm³/mol. The van der Waals surface area contributed by atoms with Crippen LogP contribution in [0.4, 0.5) is 4.39 Å². The second-order valence-electron chi connectivity index (χ2n) is 3.91. The fourth-order valence-electron chi connectivity index (χ4n) is 1.69. The van der Waals surface area contributed by atoms with Gasteiger partial charge in [-0.05, 0) is 23.8 Å². The van der Waals surface area contributed by atoms with Gasteiger partial charge >= 0.3 is 0 Å². The zero-order chi connectivity index (χ0) is 14.7. The Kier molecular flexibility index (Phi) is 4.51. The lowest BCUT2D eigenvalue weighted by Crippen LogP contribution is -2.07. The Morgan fingerprint density at radius 1 is 1.25 bits per heavy atom. The quantitative estimate of drug-likeness (QED) is 0.924. The Morgan fingerprint density at radius 2 is 2.00 bits per heavy atom. The lowest BCUT2D eigenvalue weighted by atomic mass is 10.1. The summed E-state index contributed by atoms with van der Waals surface area (Å²) >= 11 is 3.17. The lowest BCUT2D eigenvalue weighted by molar-refractivity contribution is 0.206. The van der Waals surface area contributed by atoms with E-state index in [0.29, 0.717) is 10.0 Å². The van der Waals surface area contributed by atoms with Crippen LogP contribution in [0.1, 0.15) is 17.4 Å². The van der Waals surface area contributed by atoms with Gasteiger partial charge in [-0.1, -0.05) is 15.9 Å². The van der Waals surface area contributed by atoms with E-state index in [1.807, 2.05) is 0 Å². The number of methoxy groups -OCH3 is 2. The number of ether oxygens (including phenoxy) is 2. The van der Waals surface area contributed by atoms with Crippen LogP contribution in [0.15, 0.2) is 28.9 Å². The number of aromatic nitrogens is 2. The van der Waals surface area contributed by atoms with Crippen molar-refractivity contribution in [1.29, 1.82) is 0 Å². The summed E-state index contributed by atoms with van der Waals surface area (Å²) in [5.41, 5.74) is 0.528. The van der Waals surface area contributed by atoms with E-state index in [9.17, 15) is 9.50 Å². The molecule has 0 bridgehead atoms. The van der Waals surface area contributed by atoms with Gasteiger partial charge in [-0.2, -0.15) is 4.98 Å². The van der Waals surface area contributed by atoms with Crippen LogP contribution in [0.5, 0.6) is 11.8 Å². The molecule has 0 aliphatic heterocycles. The minimum Gasteiger partial charge on any atom is -0.480 e. The van der Waals surface area contributed by atoms with Crippen LogP contribution in [0.3, 0.4) is 0 Å². The Labute approximate surface area is 123 Å². The number of hydrogen-bond donors (Lipinski definition) is 1. The van der Waals surface area contributed by atoms with Crippen LogP contribution in [0, 0.1) is 5.82 Å². The first-order valence-electron chi connectivity index (χ1n) is 5.64. The normalized spacial score (nSPS) is 12.1. The average molecular weight is 343 g/mol. The Hall–Kier alpha value is -1.73. The van der Waals surface area contributed by atoms with Gasteiger partial charge in [0.05, 0.1) is 20.4 Å². The summed E-state index contributed by atoms with van der Waals surface area (Å²) in [5, 5.41) is 10.3. The molecule has 0 aliphatic carbocycles. The molecule has 0 radical (unpaired) electrons. The number of benzene rings is 1. The maximum Gasteiger partial charge on any atom is 0.241 e. The molecular formula is C13H12BrFN2O3. The maximum atomic E-state index is 13.4. The van der Waals surface area contributed by atoms with Gasteiger partial charge in [0.2, 0.25) is 11.8 Å². The standard InChI is InChI=1S/C13H12BrFN2O3/c1-19-10-6-16-11(13(17-10)20-2)12(18)7-3-8(14)5-9(15)4-7/h3-6,12,18H,1-2H3. The highest BCUT2D eigenvalue weighted by Gasteiger charge is 2.20. The summed E-state index contributed by atoms with van der Waals surface area (Å²) in [6.07, 6.45) is 0.199. The first-order valence-corrected chi connectivity index (χ1v) is 6.43. The van der Waals surface area contributed by atoms with Gasteiger partial charge < -0.3 is 14.6 Å². The minimum absolute atomic E-state index is 0.122. The molecule has 1 aromatic heterocycles. The van der Waals surface area contributed by atoms with Gasteiger partial charge in [0, 0.05) is 4.47 Å². The highest BCUT2D eigenvalue weighted by atomic mass is 79.9. The third-order valence-corrected chi connectivity index (χ3v) is 3.06. The summed E-state index contributed by atoms with van der Waals surface area (Å²) in [6, 6.07) is 4.12. The number of aliphatic hydroxyl groups excluding tert-OH is 1. The van der Waals surface area contributed by atoms with Crippen molar-refractivity contribution in [3.05, 3.63) is 45.9 Å². The first-order chi connectivity index (χ1) is 9.55. The third kappa shape index (κ3) is 3.05. The summed E-state index contributed by atoms with van der Waals surface area (Å²) < 4.78 is 23.9. The smallest absolute Gasteiger partial charge is 0.241 e. The number of rotatable bonds is 4. The summed E-state index contributed by atoms with van der Waals surface area (Å²) in [4.78, 5) is 8.08. The molecule has 5 nitrogen and oxygen atoms in total. The molecule has 0 aliphatic rings. The molecule has 1 atom stereocenters. The van der Waals surface area contributed by atoms with E-state index in [4.69, 9.17) is 9.47 Å². The van der Waals surface area contributed by atoms with E-state index in [2.05, 4.69) is 25.9 Å². The second-order valence-corrected chi connectivity index (χ2v) is 4.83. The third-order valence-electron chi connectivity index (χ3n) is 2.61. The van der Waals surface area contributed by atoms with E-state index >= 15 is 0 Å². The lowest BCUT2D eigenvalue weighted by Gasteiger charge is -2.14. The molecule has 2 rings (SSSR count). The maximum absolute atomic E-state index is 13.4. The molecule has 0 spiro atoms. The van der Waals surface area contributed by atoms with Gasteiger partial charge in [-0.25, -0.2) is 9.37 Å². The number of nitrogens with zero attached hydrogens (tertiary/aromatic N) is 2. The van der Waals surface area contributed by atoms with Crippen molar-refractivity contribution in [3.63, 3.8) is 0 Å². The Balaban J connectivity index is 2.44. The number of hydrogen-bond acceptors (Lipinski definition) is 5. The van der Waals surface area contributed by atoms with Crippen molar-refractivity contribution in [2.24, 2.45) is 0 Å². The molecule has 7 heteroatoms. The number of halogens is 2. The molecule has 106 valence electrons. The fraction of sp³-hybridized carbons (Fsp3) is 0.231. The Morgan fingerprint density at radius 3 is 2.60 bits per heavy atom. The molecule has 2 aromatic rings. The van der Waals surface area contributed by atoms with Crippen LogP contribution in [0.25, 0.3) is 0 Å². The van der Waals surface area contributed by atoms with Crippen molar-refractivity contribution in [1.82, 2.24) is 9.97 Å². The van der Waals surface area contributed by atoms with Crippen molar-refractivity contribution >= 4 is 15.9 Å². The average Bonchev–Trinajstić information content (AvgIpc) is 2.44. The summed E-state index contributed by atoms with van der Waals surface area (Å²) in [6.45, 7) is 0. The number of aliphatic hydroxyl groups is 1. The van der Waals surface area contributed by atoms with Crippen LogP contribution in [-0.4, -0.2) is 29.3 Å².